The van der Waals surface area contributed by atoms with E-state index in [9.17, 15) is 13.2 Å². The van der Waals surface area contributed by atoms with Crippen molar-refractivity contribution in [1.29, 1.82) is 0 Å². The van der Waals surface area contributed by atoms with Crippen LogP contribution in [-0.4, -0.2) is 25.7 Å². The smallest absolute Gasteiger partial charge is 0.196 e. The largest absolute Gasteiger partial charge is 0.367 e. The summed E-state index contributed by atoms with van der Waals surface area (Å²) in [4.78, 5) is 1.79. The molecule has 0 bridgehead atoms. The maximum absolute atomic E-state index is 13.8. The molecule has 1 saturated heterocycles. The Balaban J connectivity index is 2.27. The highest BCUT2D eigenvalue weighted by atomic mass is 19.2. The van der Waals surface area contributed by atoms with E-state index < -0.39 is 17.5 Å². The zero-order chi connectivity index (χ0) is 14.0. The highest BCUT2D eigenvalue weighted by Gasteiger charge is 2.24. The third-order valence-electron chi connectivity index (χ3n) is 3.59. The van der Waals surface area contributed by atoms with E-state index in [1.165, 1.54) is 6.07 Å². The third-order valence-corrected chi connectivity index (χ3v) is 3.59. The molecule has 5 heteroatoms. The second-order valence-electron chi connectivity index (χ2n) is 5.30. The standard InChI is InChI=1S/C14H19F3N2/c1-9(2)11-8-19(7-3-6-18-11)12-5-4-10(15)13(16)14(12)17/h4-5,9,11,18H,3,6-8H2,1-2H3. The number of halogens is 3. The minimum absolute atomic E-state index is 0.147. The van der Waals surface area contributed by atoms with Gasteiger partial charge < -0.3 is 10.2 Å². The first-order valence-electron chi connectivity index (χ1n) is 6.62. The number of anilines is 1. The summed E-state index contributed by atoms with van der Waals surface area (Å²) in [5, 5.41) is 3.39. The topological polar surface area (TPSA) is 15.3 Å². The van der Waals surface area contributed by atoms with E-state index in [4.69, 9.17) is 0 Å². The van der Waals surface area contributed by atoms with Gasteiger partial charge in [0, 0.05) is 19.1 Å². The molecule has 2 nitrogen and oxygen atoms in total. The molecule has 1 N–H and O–H groups in total. The van der Waals surface area contributed by atoms with Crippen molar-refractivity contribution in [2.24, 2.45) is 5.92 Å². The normalized spacial score (nSPS) is 20.7. The molecule has 1 fully saturated rings. The summed E-state index contributed by atoms with van der Waals surface area (Å²) in [6.07, 6.45) is 0.849. The zero-order valence-electron chi connectivity index (χ0n) is 11.2. The maximum atomic E-state index is 13.8. The first-order valence-corrected chi connectivity index (χ1v) is 6.62. The Kier molecular flexibility index (Phi) is 4.34. The Morgan fingerprint density at radius 1 is 1.21 bits per heavy atom. The van der Waals surface area contributed by atoms with E-state index in [0.29, 0.717) is 19.0 Å². The molecule has 1 aromatic rings. The molecule has 1 aliphatic rings. The number of nitrogens with zero attached hydrogens (tertiary/aromatic N) is 1. The lowest BCUT2D eigenvalue weighted by Gasteiger charge is -2.28. The molecular formula is C14H19F3N2. The van der Waals surface area contributed by atoms with Gasteiger partial charge in [0.25, 0.3) is 0 Å². The summed E-state index contributed by atoms with van der Waals surface area (Å²) < 4.78 is 40.1. The number of nitrogens with one attached hydrogen (secondary N) is 1. The van der Waals surface area contributed by atoms with Crippen LogP contribution in [0.2, 0.25) is 0 Å². The summed E-state index contributed by atoms with van der Waals surface area (Å²) >= 11 is 0. The summed E-state index contributed by atoms with van der Waals surface area (Å²) in [7, 11) is 0. The Hall–Kier alpha value is -1.23. The minimum atomic E-state index is -1.39. The number of hydrogen-bond donors (Lipinski definition) is 1. The Bertz CT molecular complexity index is 449. The minimum Gasteiger partial charge on any atom is -0.367 e. The maximum Gasteiger partial charge on any atom is 0.196 e. The quantitative estimate of drug-likeness (QED) is 0.833. The second kappa shape index (κ2) is 5.82. The highest BCUT2D eigenvalue weighted by Crippen LogP contribution is 2.25. The molecule has 1 unspecified atom stereocenters. The Morgan fingerprint density at radius 3 is 2.63 bits per heavy atom. The van der Waals surface area contributed by atoms with E-state index in [1.54, 1.807) is 4.90 Å². The molecule has 19 heavy (non-hydrogen) atoms. The van der Waals surface area contributed by atoms with Gasteiger partial charge in [-0.05, 0) is 31.0 Å². The SMILES string of the molecule is CC(C)C1CN(c2ccc(F)c(F)c2F)CCCN1. The van der Waals surface area contributed by atoms with Crippen LogP contribution in [0.3, 0.4) is 0 Å². The fraction of sp³-hybridized carbons (Fsp3) is 0.571. The molecule has 106 valence electrons. The van der Waals surface area contributed by atoms with Crippen LogP contribution in [0.25, 0.3) is 0 Å². The van der Waals surface area contributed by atoms with Crippen LogP contribution in [0.4, 0.5) is 18.9 Å². The van der Waals surface area contributed by atoms with Crippen molar-refractivity contribution in [2.45, 2.75) is 26.3 Å². The predicted molar refractivity (Wildman–Crippen MR) is 69.8 cm³/mol. The van der Waals surface area contributed by atoms with Crippen LogP contribution in [0.1, 0.15) is 20.3 Å². The van der Waals surface area contributed by atoms with Gasteiger partial charge in [0.15, 0.2) is 17.5 Å². The van der Waals surface area contributed by atoms with Crippen LogP contribution in [0, 0.1) is 23.4 Å². The first-order chi connectivity index (χ1) is 9.00. The van der Waals surface area contributed by atoms with Crippen LogP contribution in [0.5, 0.6) is 0 Å². The van der Waals surface area contributed by atoms with Gasteiger partial charge in [-0.15, -0.1) is 0 Å². The average Bonchev–Trinajstić information content (AvgIpc) is 2.62. The van der Waals surface area contributed by atoms with E-state index in [-0.39, 0.29) is 11.7 Å². The Labute approximate surface area is 111 Å². The van der Waals surface area contributed by atoms with Crippen LogP contribution in [0.15, 0.2) is 12.1 Å². The average molecular weight is 272 g/mol. The van der Waals surface area contributed by atoms with Crippen LogP contribution >= 0.6 is 0 Å². The molecule has 0 amide bonds. The van der Waals surface area contributed by atoms with Crippen molar-refractivity contribution in [2.75, 3.05) is 24.5 Å². The van der Waals surface area contributed by atoms with Gasteiger partial charge in [-0.1, -0.05) is 13.8 Å². The first kappa shape index (κ1) is 14.2. The molecule has 0 aromatic heterocycles. The fourth-order valence-corrected chi connectivity index (χ4v) is 2.38. The molecular weight excluding hydrogens is 253 g/mol. The van der Waals surface area contributed by atoms with Crippen molar-refractivity contribution in [3.05, 3.63) is 29.6 Å². The number of benzene rings is 1. The number of hydrogen-bond acceptors (Lipinski definition) is 2. The summed E-state index contributed by atoms with van der Waals surface area (Å²) in [6.45, 7) is 6.26. The van der Waals surface area contributed by atoms with Crippen molar-refractivity contribution < 1.29 is 13.2 Å². The van der Waals surface area contributed by atoms with Crippen molar-refractivity contribution in [3.63, 3.8) is 0 Å². The van der Waals surface area contributed by atoms with E-state index in [1.807, 2.05) is 0 Å². The fourth-order valence-electron chi connectivity index (χ4n) is 2.38. The molecule has 2 rings (SSSR count). The van der Waals surface area contributed by atoms with Gasteiger partial charge in [-0.2, -0.15) is 0 Å². The molecule has 0 saturated carbocycles. The molecule has 1 aliphatic heterocycles. The molecule has 1 atom stereocenters. The van der Waals surface area contributed by atoms with Crippen LogP contribution < -0.4 is 10.2 Å². The third kappa shape index (κ3) is 3.03. The monoisotopic (exact) mass is 272 g/mol. The Morgan fingerprint density at radius 2 is 1.95 bits per heavy atom. The van der Waals surface area contributed by atoms with Crippen LogP contribution in [-0.2, 0) is 0 Å². The number of rotatable bonds is 2. The van der Waals surface area contributed by atoms with Gasteiger partial charge in [-0.25, -0.2) is 13.2 Å². The van der Waals surface area contributed by atoms with E-state index in [2.05, 4.69) is 19.2 Å². The predicted octanol–water partition coefficient (Wildman–Crippen LogP) is 2.93. The molecule has 0 spiro atoms. The van der Waals surface area contributed by atoms with E-state index in [0.717, 1.165) is 19.0 Å². The van der Waals surface area contributed by atoms with Gasteiger partial charge in [-0.3, -0.25) is 0 Å². The second-order valence-corrected chi connectivity index (χ2v) is 5.30. The van der Waals surface area contributed by atoms with Crippen molar-refractivity contribution in [1.82, 2.24) is 5.32 Å². The molecule has 1 aromatic carbocycles. The summed E-state index contributed by atoms with van der Waals surface area (Å²) in [5.74, 6) is -3.23. The zero-order valence-corrected chi connectivity index (χ0v) is 11.2. The lowest BCUT2D eigenvalue weighted by atomic mass is 10.0. The van der Waals surface area contributed by atoms with Crippen molar-refractivity contribution in [3.8, 4) is 0 Å². The highest BCUT2D eigenvalue weighted by molar-refractivity contribution is 5.48. The lowest BCUT2D eigenvalue weighted by molar-refractivity contribution is 0.416. The summed E-state index contributed by atoms with van der Waals surface area (Å²) in [5.41, 5.74) is 0.147. The molecule has 0 aliphatic carbocycles. The van der Waals surface area contributed by atoms with Gasteiger partial charge >= 0.3 is 0 Å². The van der Waals surface area contributed by atoms with Crippen molar-refractivity contribution >= 4 is 5.69 Å². The van der Waals surface area contributed by atoms with Gasteiger partial charge in [0.05, 0.1) is 5.69 Å². The van der Waals surface area contributed by atoms with E-state index >= 15 is 0 Å². The molecule has 0 radical (unpaired) electrons. The summed E-state index contributed by atoms with van der Waals surface area (Å²) in [6, 6.07) is 2.52. The van der Waals surface area contributed by atoms with Gasteiger partial charge in [0.1, 0.15) is 0 Å². The lowest BCUT2D eigenvalue weighted by Crippen LogP contribution is -2.41. The molecule has 1 heterocycles. The van der Waals surface area contributed by atoms with Gasteiger partial charge in [0.2, 0.25) is 0 Å².